The molecule has 0 saturated carbocycles. The summed E-state index contributed by atoms with van der Waals surface area (Å²) in [7, 11) is 0. The number of rotatable bonds is 4. The van der Waals surface area contributed by atoms with Crippen LogP contribution in [0.15, 0.2) is 54.0 Å². The van der Waals surface area contributed by atoms with Crippen molar-refractivity contribution in [3.8, 4) is 11.3 Å². The van der Waals surface area contributed by atoms with Crippen molar-refractivity contribution in [2.75, 3.05) is 5.32 Å². The van der Waals surface area contributed by atoms with Gasteiger partial charge in [-0.15, -0.1) is 11.3 Å². The van der Waals surface area contributed by atoms with Crippen LogP contribution in [0.2, 0.25) is 0 Å². The maximum absolute atomic E-state index is 13.3. The first-order valence-corrected chi connectivity index (χ1v) is 9.46. The highest BCUT2D eigenvalue weighted by atomic mass is 32.1. The molecule has 0 fully saturated rings. The van der Waals surface area contributed by atoms with Gasteiger partial charge in [-0.05, 0) is 49.2 Å². The zero-order chi connectivity index (χ0) is 19.0. The van der Waals surface area contributed by atoms with Crippen LogP contribution in [0.4, 0.5) is 10.1 Å². The summed E-state index contributed by atoms with van der Waals surface area (Å²) >= 11 is 1.50. The van der Waals surface area contributed by atoms with Crippen molar-refractivity contribution in [3.05, 3.63) is 76.7 Å². The highest BCUT2D eigenvalue weighted by molar-refractivity contribution is 7.15. The lowest BCUT2D eigenvalue weighted by Crippen LogP contribution is -2.15. The number of hydrogen-bond donors (Lipinski definition) is 1. The van der Waals surface area contributed by atoms with Crippen LogP contribution in [0.3, 0.4) is 0 Å². The summed E-state index contributed by atoms with van der Waals surface area (Å²) in [6, 6.07) is 12.2. The Kier molecular flexibility index (Phi) is 4.49. The lowest BCUT2D eigenvalue weighted by Gasteiger charge is -2.05. The lowest BCUT2D eigenvalue weighted by molar-refractivity contribution is -0.115. The predicted octanol–water partition coefficient (Wildman–Crippen LogP) is 5.00. The first-order chi connectivity index (χ1) is 13.0. The summed E-state index contributed by atoms with van der Waals surface area (Å²) in [4.78, 5) is 17.9. The number of imidazole rings is 1. The topological polar surface area (TPSA) is 46.4 Å². The van der Waals surface area contributed by atoms with Gasteiger partial charge >= 0.3 is 0 Å². The van der Waals surface area contributed by atoms with Gasteiger partial charge in [0.2, 0.25) is 5.91 Å². The van der Waals surface area contributed by atoms with E-state index in [0.29, 0.717) is 5.69 Å². The number of benzene rings is 2. The molecule has 0 saturated heterocycles. The zero-order valence-corrected chi connectivity index (χ0v) is 15.8. The molecular formula is C21H18FN3OS. The molecule has 2 aromatic carbocycles. The van der Waals surface area contributed by atoms with Gasteiger partial charge in [0.15, 0.2) is 4.96 Å². The fourth-order valence-corrected chi connectivity index (χ4v) is 3.81. The van der Waals surface area contributed by atoms with Crippen LogP contribution in [-0.2, 0) is 11.2 Å². The van der Waals surface area contributed by atoms with Gasteiger partial charge in [0.05, 0.1) is 12.1 Å². The molecule has 0 spiro atoms. The molecule has 0 radical (unpaired) electrons. The Hall–Kier alpha value is -2.99. The van der Waals surface area contributed by atoms with E-state index in [4.69, 9.17) is 0 Å². The summed E-state index contributed by atoms with van der Waals surface area (Å²) in [6.45, 7) is 4.17. The van der Waals surface area contributed by atoms with Crippen LogP contribution in [0, 0.1) is 19.7 Å². The van der Waals surface area contributed by atoms with Crippen molar-refractivity contribution in [1.82, 2.24) is 9.38 Å². The third-order valence-electron chi connectivity index (χ3n) is 4.54. The smallest absolute Gasteiger partial charge is 0.230 e. The van der Waals surface area contributed by atoms with Gasteiger partial charge in [-0.3, -0.25) is 9.20 Å². The SMILES string of the molecule is Cc1ccc(-c2cn3c(CC(=O)Nc4cccc(F)c4)csc3n2)cc1C. The summed E-state index contributed by atoms with van der Waals surface area (Å²) in [5, 5.41) is 4.66. The monoisotopic (exact) mass is 379 g/mol. The maximum Gasteiger partial charge on any atom is 0.230 e. The Morgan fingerprint density at radius 2 is 2.04 bits per heavy atom. The van der Waals surface area contributed by atoms with Crippen molar-refractivity contribution in [2.24, 2.45) is 0 Å². The minimum absolute atomic E-state index is 0.193. The molecule has 1 N–H and O–H groups in total. The van der Waals surface area contributed by atoms with Crippen molar-refractivity contribution in [1.29, 1.82) is 0 Å². The third-order valence-corrected chi connectivity index (χ3v) is 5.42. The molecule has 0 aliphatic rings. The molecule has 136 valence electrons. The van der Waals surface area contributed by atoms with E-state index >= 15 is 0 Å². The molecule has 4 nitrogen and oxygen atoms in total. The average molecular weight is 379 g/mol. The van der Waals surface area contributed by atoms with Crippen LogP contribution >= 0.6 is 11.3 Å². The van der Waals surface area contributed by atoms with Gasteiger partial charge in [-0.25, -0.2) is 9.37 Å². The van der Waals surface area contributed by atoms with Crippen molar-refractivity contribution < 1.29 is 9.18 Å². The number of aromatic nitrogens is 2. The number of fused-ring (bicyclic) bond motifs is 1. The Balaban J connectivity index is 1.57. The van der Waals surface area contributed by atoms with Crippen LogP contribution in [0.5, 0.6) is 0 Å². The van der Waals surface area contributed by atoms with Crippen LogP contribution in [-0.4, -0.2) is 15.3 Å². The first-order valence-electron chi connectivity index (χ1n) is 8.58. The van der Waals surface area contributed by atoms with E-state index in [-0.39, 0.29) is 18.1 Å². The Bertz CT molecular complexity index is 1150. The molecule has 0 unspecified atom stereocenters. The number of amides is 1. The molecule has 6 heteroatoms. The van der Waals surface area contributed by atoms with Gasteiger partial charge in [0.1, 0.15) is 5.82 Å². The standard InChI is InChI=1S/C21H18FN3OS/c1-13-6-7-15(8-14(13)2)19-11-25-18(12-27-21(25)24-19)10-20(26)23-17-5-3-4-16(22)9-17/h3-9,11-12H,10H2,1-2H3,(H,23,26). The van der Waals surface area contributed by atoms with Gasteiger partial charge in [-0.2, -0.15) is 0 Å². The van der Waals surface area contributed by atoms with Gasteiger partial charge in [0.25, 0.3) is 0 Å². The number of anilines is 1. The molecular weight excluding hydrogens is 361 g/mol. The van der Waals surface area contributed by atoms with E-state index in [1.807, 2.05) is 16.0 Å². The number of halogens is 1. The van der Waals surface area contributed by atoms with Gasteiger partial charge in [0, 0.05) is 28.5 Å². The Labute approximate surface area is 160 Å². The van der Waals surface area contributed by atoms with Crippen molar-refractivity contribution >= 4 is 27.9 Å². The quantitative estimate of drug-likeness (QED) is 0.542. The van der Waals surface area contributed by atoms with E-state index < -0.39 is 0 Å². The predicted molar refractivity (Wildman–Crippen MR) is 107 cm³/mol. The first kappa shape index (κ1) is 17.4. The fraction of sp³-hybridized carbons (Fsp3) is 0.143. The van der Waals surface area contributed by atoms with E-state index in [2.05, 4.69) is 42.3 Å². The number of carbonyl (C=O) groups excluding carboxylic acids is 1. The largest absolute Gasteiger partial charge is 0.326 e. The Morgan fingerprint density at radius 3 is 2.81 bits per heavy atom. The number of hydrogen-bond acceptors (Lipinski definition) is 3. The summed E-state index contributed by atoms with van der Waals surface area (Å²) < 4.78 is 15.2. The normalized spacial score (nSPS) is 11.1. The number of nitrogens with one attached hydrogen (secondary N) is 1. The molecule has 2 aromatic heterocycles. The maximum atomic E-state index is 13.3. The highest BCUT2D eigenvalue weighted by Crippen LogP contribution is 2.25. The number of nitrogens with zero attached hydrogens (tertiary/aromatic N) is 2. The molecule has 4 aromatic rings. The summed E-state index contributed by atoms with van der Waals surface area (Å²) in [6.07, 6.45) is 2.15. The van der Waals surface area contributed by atoms with Gasteiger partial charge < -0.3 is 5.32 Å². The van der Waals surface area contributed by atoms with E-state index in [1.165, 1.54) is 34.6 Å². The second kappa shape index (κ2) is 6.96. The molecule has 27 heavy (non-hydrogen) atoms. The Morgan fingerprint density at radius 1 is 1.19 bits per heavy atom. The van der Waals surface area contributed by atoms with Crippen LogP contribution < -0.4 is 5.32 Å². The van der Waals surface area contributed by atoms with E-state index in [9.17, 15) is 9.18 Å². The minimum Gasteiger partial charge on any atom is -0.326 e. The lowest BCUT2D eigenvalue weighted by atomic mass is 10.0. The number of thiazole rings is 1. The van der Waals surface area contributed by atoms with Crippen molar-refractivity contribution in [3.63, 3.8) is 0 Å². The average Bonchev–Trinajstić information content (AvgIpc) is 3.19. The van der Waals surface area contributed by atoms with E-state index in [0.717, 1.165) is 21.9 Å². The summed E-state index contributed by atoms with van der Waals surface area (Å²) in [5.41, 5.74) is 5.72. The van der Waals surface area contributed by atoms with Crippen LogP contribution in [0.1, 0.15) is 16.8 Å². The molecule has 2 heterocycles. The van der Waals surface area contributed by atoms with Gasteiger partial charge in [-0.1, -0.05) is 18.2 Å². The molecule has 0 aliphatic carbocycles. The molecule has 4 rings (SSSR count). The molecule has 0 bridgehead atoms. The van der Waals surface area contributed by atoms with Crippen LogP contribution in [0.25, 0.3) is 16.2 Å². The minimum atomic E-state index is -0.377. The number of carbonyl (C=O) groups is 1. The second-order valence-electron chi connectivity index (χ2n) is 6.54. The molecule has 0 atom stereocenters. The van der Waals surface area contributed by atoms with Crippen molar-refractivity contribution in [2.45, 2.75) is 20.3 Å². The third kappa shape index (κ3) is 3.61. The summed E-state index contributed by atoms with van der Waals surface area (Å²) in [5.74, 6) is -0.569. The molecule has 0 aliphatic heterocycles. The molecule has 1 amide bonds. The highest BCUT2D eigenvalue weighted by Gasteiger charge is 2.13. The zero-order valence-electron chi connectivity index (χ0n) is 15.0. The second-order valence-corrected chi connectivity index (χ2v) is 7.38. The number of aryl methyl sites for hydroxylation is 2. The fourth-order valence-electron chi connectivity index (χ4n) is 2.93. The van der Waals surface area contributed by atoms with E-state index in [1.54, 1.807) is 12.1 Å².